The number of likely N-dealkylation sites (tertiary alicyclic amines) is 1. The summed E-state index contributed by atoms with van der Waals surface area (Å²) in [6.07, 6.45) is 6.92. The van der Waals surface area contributed by atoms with Gasteiger partial charge in [0.25, 0.3) is 5.91 Å². The van der Waals surface area contributed by atoms with Crippen LogP contribution in [0.5, 0.6) is 0 Å². The quantitative estimate of drug-likeness (QED) is 0.733. The van der Waals surface area contributed by atoms with Crippen molar-refractivity contribution in [1.29, 1.82) is 0 Å². The first kappa shape index (κ1) is 14.8. The number of carbonyl (C=O) groups is 1. The normalized spacial score (nSPS) is 18.0. The van der Waals surface area contributed by atoms with Crippen molar-refractivity contribution in [2.75, 3.05) is 6.54 Å². The number of fused-ring (bicyclic) bond motifs is 1. The molecule has 4 rings (SSSR count). The third-order valence-corrected chi connectivity index (χ3v) is 4.22. The average molecular weight is 326 g/mol. The molecule has 1 fully saturated rings. The summed E-state index contributed by atoms with van der Waals surface area (Å²) in [5.74, 6) is 1.73. The number of carbonyl (C=O) groups excluding carboxylic acids is 1. The highest BCUT2D eigenvalue weighted by Crippen LogP contribution is 2.32. The molecule has 0 aromatic carbocycles. The minimum atomic E-state index is -0.161. The molecule has 1 unspecified atom stereocenters. The van der Waals surface area contributed by atoms with Gasteiger partial charge >= 0.3 is 0 Å². The fourth-order valence-electron chi connectivity index (χ4n) is 2.98. The van der Waals surface area contributed by atoms with Gasteiger partial charge in [0.15, 0.2) is 5.82 Å². The average Bonchev–Trinajstić information content (AvgIpc) is 3.30. The minimum Gasteiger partial charge on any atom is -0.339 e. The van der Waals surface area contributed by atoms with Crippen molar-refractivity contribution in [1.82, 2.24) is 29.4 Å². The van der Waals surface area contributed by atoms with E-state index in [-0.39, 0.29) is 17.9 Å². The summed E-state index contributed by atoms with van der Waals surface area (Å²) in [5, 5.41) is 4.07. The second kappa shape index (κ2) is 5.70. The molecule has 8 nitrogen and oxygen atoms in total. The van der Waals surface area contributed by atoms with Crippen molar-refractivity contribution in [3.8, 4) is 0 Å². The Hall–Kier alpha value is -2.77. The van der Waals surface area contributed by atoms with Crippen LogP contribution in [-0.2, 0) is 0 Å². The molecular weight excluding hydrogens is 308 g/mol. The summed E-state index contributed by atoms with van der Waals surface area (Å²) in [6.45, 7) is 4.66. The molecule has 24 heavy (non-hydrogen) atoms. The van der Waals surface area contributed by atoms with Gasteiger partial charge in [-0.1, -0.05) is 19.0 Å². The SMILES string of the molecule is CC(C)c1nc(C2CCCN2C(=O)c2cn3cccnc3n2)no1. The number of imidazole rings is 1. The molecule has 1 amide bonds. The number of nitrogens with zero attached hydrogens (tertiary/aromatic N) is 6. The van der Waals surface area contributed by atoms with Gasteiger partial charge in [-0.15, -0.1) is 0 Å². The van der Waals surface area contributed by atoms with Gasteiger partial charge in [-0.2, -0.15) is 4.98 Å². The maximum Gasteiger partial charge on any atom is 0.274 e. The van der Waals surface area contributed by atoms with Crippen LogP contribution in [0, 0.1) is 0 Å². The van der Waals surface area contributed by atoms with Crippen LogP contribution in [0.25, 0.3) is 5.78 Å². The molecule has 1 aliphatic heterocycles. The van der Waals surface area contributed by atoms with Crippen LogP contribution in [0.15, 0.2) is 29.2 Å². The van der Waals surface area contributed by atoms with Crippen LogP contribution in [0.1, 0.15) is 60.9 Å². The maximum atomic E-state index is 12.9. The predicted molar refractivity (Wildman–Crippen MR) is 84.4 cm³/mol. The number of rotatable bonds is 3. The lowest BCUT2D eigenvalue weighted by Crippen LogP contribution is -2.31. The zero-order valence-corrected chi connectivity index (χ0v) is 13.6. The summed E-state index contributed by atoms with van der Waals surface area (Å²) < 4.78 is 7.03. The lowest BCUT2D eigenvalue weighted by molar-refractivity contribution is 0.0723. The van der Waals surface area contributed by atoms with Gasteiger partial charge < -0.3 is 9.42 Å². The molecule has 3 aromatic heterocycles. The van der Waals surface area contributed by atoms with E-state index >= 15 is 0 Å². The first-order valence-corrected chi connectivity index (χ1v) is 8.07. The van der Waals surface area contributed by atoms with Crippen LogP contribution in [-0.4, -0.2) is 41.9 Å². The fourth-order valence-corrected chi connectivity index (χ4v) is 2.98. The van der Waals surface area contributed by atoms with E-state index in [0.717, 1.165) is 12.8 Å². The molecular formula is C16H18N6O2. The van der Waals surface area contributed by atoms with Gasteiger partial charge in [-0.25, -0.2) is 9.97 Å². The molecule has 0 radical (unpaired) electrons. The Morgan fingerprint density at radius 3 is 3.00 bits per heavy atom. The maximum absolute atomic E-state index is 12.9. The zero-order chi connectivity index (χ0) is 16.7. The monoisotopic (exact) mass is 326 g/mol. The summed E-state index contributed by atoms with van der Waals surface area (Å²) in [7, 11) is 0. The number of aromatic nitrogens is 5. The lowest BCUT2D eigenvalue weighted by Gasteiger charge is -2.20. The molecule has 0 saturated carbocycles. The first-order chi connectivity index (χ1) is 11.6. The van der Waals surface area contributed by atoms with Crippen molar-refractivity contribution in [2.45, 2.75) is 38.6 Å². The molecule has 1 saturated heterocycles. The summed E-state index contributed by atoms with van der Waals surface area (Å²) >= 11 is 0. The minimum absolute atomic E-state index is 0.126. The molecule has 8 heteroatoms. The van der Waals surface area contributed by atoms with E-state index in [0.29, 0.717) is 29.7 Å². The molecule has 0 aliphatic carbocycles. The highest BCUT2D eigenvalue weighted by molar-refractivity contribution is 5.93. The van der Waals surface area contributed by atoms with E-state index in [9.17, 15) is 4.79 Å². The Bertz CT molecular complexity index is 850. The van der Waals surface area contributed by atoms with Crippen LogP contribution < -0.4 is 0 Å². The fraction of sp³-hybridized carbons (Fsp3) is 0.438. The van der Waals surface area contributed by atoms with E-state index in [1.54, 1.807) is 27.8 Å². The topological polar surface area (TPSA) is 89.4 Å². The van der Waals surface area contributed by atoms with Crippen LogP contribution in [0.2, 0.25) is 0 Å². The zero-order valence-electron chi connectivity index (χ0n) is 13.6. The van der Waals surface area contributed by atoms with Crippen LogP contribution in [0.3, 0.4) is 0 Å². The molecule has 0 bridgehead atoms. The highest BCUT2D eigenvalue weighted by Gasteiger charge is 2.35. The number of amides is 1. The van der Waals surface area contributed by atoms with E-state index < -0.39 is 0 Å². The molecule has 124 valence electrons. The van der Waals surface area contributed by atoms with E-state index in [2.05, 4.69) is 20.1 Å². The van der Waals surface area contributed by atoms with Crippen molar-refractivity contribution in [3.63, 3.8) is 0 Å². The summed E-state index contributed by atoms with van der Waals surface area (Å²) in [6, 6.07) is 1.64. The third kappa shape index (κ3) is 2.44. The largest absolute Gasteiger partial charge is 0.339 e. The van der Waals surface area contributed by atoms with E-state index in [4.69, 9.17) is 4.52 Å². The van der Waals surface area contributed by atoms with Gasteiger partial charge in [0.2, 0.25) is 11.7 Å². The van der Waals surface area contributed by atoms with Crippen LogP contribution >= 0.6 is 0 Å². The third-order valence-electron chi connectivity index (χ3n) is 4.22. The van der Waals surface area contributed by atoms with Gasteiger partial charge in [-0.3, -0.25) is 9.20 Å². The molecule has 1 atom stereocenters. The Morgan fingerprint density at radius 1 is 1.38 bits per heavy atom. The number of hydrogen-bond donors (Lipinski definition) is 0. The Kier molecular flexibility index (Phi) is 3.51. The summed E-state index contributed by atoms with van der Waals surface area (Å²) in [4.78, 5) is 27.6. The second-order valence-electron chi connectivity index (χ2n) is 6.26. The van der Waals surface area contributed by atoms with E-state index in [1.807, 2.05) is 20.0 Å². The molecule has 1 aliphatic rings. The van der Waals surface area contributed by atoms with Crippen molar-refractivity contribution >= 4 is 11.7 Å². The van der Waals surface area contributed by atoms with Gasteiger partial charge in [0.1, 0.15) is 5.69 Å². The molecule has 4 heterocycles. The molecule has 3 aromatic rings. The van der Waals surface area contributed by atoms with Gasteiger partial charge in [0, 0.05) is 31.1 Å². The van der Waals surface area contributed by atoms with Crippen molar-refractivity contribution in [3.05, 3.63) is 42.1 Å². The Balaban J connectivity index is 1.62. The Labute approximate surface area is 138 Å². The van der Waals surface area contributed by atoms with E-state index in [1.165, 1.54) is 0 Å². The highest BCUT2D eigenvalue weighted by atomic mass is 16.5. The van der Waals surface area contributed by atoms with Crippen molar-refractivity contribution < 1.29 is 9.32 Å². The summed E-state index contributed by atoms with van der Waals surface area (Å²) in [5.41, 5.74) is 0.383. The van der Waals surface area contributed by atoms with Gasteiger partial charge in [-0.05, 0) is 18.9 Å². The van der Waals surface area contributed by atoms with Gasteiger partial charge in [0.05, 0.1) is 6.04 Å². The Morgan fingerprint density at radius 2 is 2.25 bits per heavy atom. The lowest BCUT2D eigenvalue weighted by atomic mass is 10.2. The standard InChI is InChI=1S/C16H18N6O2/c1-10(2)14-19-13(20-24-14)12-5-3-8-22(12)15(23)11-9-21-7-4-6-17-16(21)18-11/h4,6-7,9-10,12H,3,5,8H2,1-2H3. The first-order valence-electron chi connectivity index (χ1n) is 8.07. The second-order valence-corrected chi connectivity index (χ2v) is 6.26. The smallest absolute Gasteiger partial charge is 0.274 e. The predicted octanol–water partition coefficient (Wildman–Crippen LogP) is 2.21. The number of hydrogen-bond acceptors (Lipinski definition) is 6. The van der Waals surface area contributed by atoms with Crippen LogP contribution in [0.4, 0.5) is 0 Å². The molecule has 0 N–H and O–H groups in total. The van der Waals surface area contributed by atoms with Crippen molar-refractivity contribution in [2.24, 2.45) is 0 Å². The molecule has 0 spiro atoms.